The minimum Gasteiger partial charge on any atom is -0.384 e. The van der Waals surface area contributed by atoms with Crippen molar-refractivity contribution in [2.24, 2.45) is 0 Å². The summed E-state index contributed by atoms with van der Waals surface area (Å²) < 4.78 is 1.94. The lowest BCUT2D eigenvalue weighted by Gasteiger charge is -2.07. The molecule has 150 valence electrons. The molecule has 0 aliphatic carbocycles. The molecule has 0 saturated heterocycles. The monoisotopic (exact) mass is 381 g/mol. The molecule has 0 bridgehead atoms. The molecular weight excluding hydrogens is 350 g/mol. The van der Waals surface area contributed by atoms with Gasteiger partial charge in [0.05, 0.1) is 11.0 Å². The summed E-state index contributed by atoms with van der Waals surface area (Å²) >= 11 is 0. The molecule has 0 fully saturated rings. The Morgan fingerprint density at radius 1 is 1.00 bits per heavy atom. The topological polar surface area (TPSA) is 85.8 Å². The molecule has 0 unspecified atom stereocenters. The first-order valence-electron chi connectivity index (χ1n) is 10.5. The van der Waals surface area contributed by atoms with E-state index in [-0.39, 0.29) is 5.91 Å². The van der Waals surface area contributed by atoms with Crippen LogP contribution in [0.15, 0.2) is 24.3 Å². The normalized spacial score (nSPS) is 11.4. The number of hydrogen-bond acceptors (Lipinski definition) is 4. The van der Waals surface area contributed by atoms with Crippen LogP contribution >= 0.6 is 0 Å². The predicted molar refractivity (Wildman–Crippen MR) is 115 cm³/mol. The number of anilines is 1. The number of aromatic nitrogens is 3. The van der Waals surface area contributed by atoms with Crippen LogP contribution in [-0.2, 0) is 6.54 Å². The quantitative estimate of drug-likeness (QED) is 0.500. The van der Waals surface area contributed by atoms with E-state index in [4.69, 9.17) is 15.7 Å². The Labute approximate surface area is 166 Å². The zero-order valence-corrected chi connectivity index (χ0v) is 17.0. The Balaban J connectivity index is 1.90. The van der Waals surface area contributed by atoms with Crippen LogP contribution in [0.2, 0.25) is 0 Å². The maximum Gasteiger partial charge on any atom is 0.257 e. The average molecular weight is 382 g/mol. The second kappa shape index (κ2) is 9.53. The predicted octanol–water partition coefficient (Wildman–Crippen LogP) is 4.67. The van der Waals surface area contributed by atoms with Crippen molar-refractivity contribution in [3.05, 3.63) is 29.8 Å². The molecular formula is C22H31N5O. The number of nitrogens with two attached hydrogens (primary N) is 1. The van der Waals surface area contributed by atoms with Crippen LogP contribution in [0.4, 0.5) is 5.82 Å². The van der Waals surface area contributed by atoms with E-state index in [0.29, 0.717) is 29.1 Å². The molecule has 1 amide bonds. The summed E-state index contributed by atoms with van der Waals surface area (Å²) in [7, 11) is 0. The number of aryl methyl sites for hydroxylation is 1. The smallest absolute Gasteiger partial charge is 0.257 e. The fourth-order valence-corrected chi connectivity index (χ4v) is 3.50. The molecule has 1 aromatic carbocycles. The van der Waals surface area contributed by atoms with Crippen LogP contribution in [0.5, 0.6) is 0 Å². The molecule has 6 heteroatoms. The molecule has 3 aromatic rings. The Morgan fingerprint density at radius 3 is 2.39 bits per heavy atom. The zero-order chi connectivity index (χ0) is 19.9. The maximum atomic E-state index is 12.9. The van der Waals surface area contributed by atoms with E-state index in [9.17, 15) is 4.79 Å². The molecule has 0 aliphatic heterocycles. The second-order valence-corrected chi connectivity index (χ2v) is 7.32. The summed E-state index contributed by atoms with van der Waals surface area (Å²) in [5.41, 5.74) is 9.74. The van der Waals surface area contributed by atoms with Crippen LogP contribution in [-0.4, -0.2) is 27.0 Å². The van der Waals surface area contributed by atoms with Gasteiger partial charge in [0.2, 0.25) is 0 Å². The van der Waals surface area contributed by atoms with Crippen molar-refractivity contribution in [3.63, 3.8) is 0 Å². The molecule has 2 aromatic heterocycles. The minimum absolute atomic E-state index is 0.155. The van der Waals surface area contributed by atoms with Crippen LogP contribution in [0.25, 0.3) is 22.2 Å². The van der Waals surface area contributed by atoms with Gasteiger partial charge in [0.25, 0.3) is 5.91 Å². The number of hydrogen-bond donors (Lipinski definition) is 2. The van der Waals surface area contributed by atoms with Crippen molar-refractivity contribution >= 4 is 33.9 Å². The Hall–Kier alpha value is -2.63. The first kappa shape index (κ1) is 20.1. The third-order valence-electron chi connectivity index (χ3n) is 5.12. The number of unbranched alkanes of at least 4 members (excludes halogenated alkanes) is 5. The van der Waals surface area contributed by atoms with E-state index >= 15 is 0 Å². The van der Waals surface area contributed by atoms with Crippen molar-refractivity contribution in [2.75, 3.05) is 12.3 Å². The van der Waals surface area contributed by atoms with E-state index in [0.717, 1.165) is 43.3 Å². The van der Waals surface area contributed by atoms with E-state index in [1.807, 2.05) is 28.8 Å². The van der Waals surface area contributed by atoms with Gasteiger partial charge in [-0.25, -0.2) is 9.97 Å². The maximum absolute atomic E-state index is 12.9. The highest BCUT2D eigenvalue weighted by Gasteiger charge is 2.23. The van der Waals surface area contributed by atoms with Gasteiger partial charge in [0, 0.05) is 13.1 Å². The molecule has 0 aliphatic rings. The largest absolute Gasteiger partial charge is 0.384 e. The van der Waals surface area contributed by atoms with Crippen LogP contribution < -0.4 is 11.1 Å². The SMILES string of the molecule is CCCCCCCNC(=O)c1c(N)n(CCCC)c2nc3ccccc3nc12. The second-order valence-electron chi connectivity index (χ2n) is 7.32. The number of rotatable bonds is 10. The van der Waals surface area contributed by atoms with Gasteiger partial charge in [0.15, 0.2) is 5.65 Å². The summed E-state index contributed by atoms with van der Waals surface area (Å²) in [6.07, 6.45) is 7.80. The van der Waals surface area contributed by atoms with Gasteiger partial charge in [-0.05, 0) is 25.0 Å². The number of benzene rings is 1. The molecule has 0 spiro atoms. The highest BCUT2D eigenvalue weighted by Crippen LogP contribution is 2.28. The average Bonchev–Trinajstić information content (AvgIpc) is 2.97. The number of amides is 1. The van der Waals surface area contributed by atoms with Crippen LogP contribution in [0.3, 0.4) is 0 Å². The Kier molecular flexibility index (Phi) is 6.85. The lowest BCUT2D eigenvalue weighted by Crippen LogP contribution is -2.25. The molecule has 3 N–H and O–H groups in total. The van der Waals surface area contributed by atoms with Gasteiger partial charge in [-0.1, -0.05) is 58.1 Å². The van der Waals surface area contributed by atoms with Gasteiger partial charge < -0.3 is 15.6 Å². The van der Waals surface area contributed by atoms with Gasteiger partial charge in [-0.2, -0.15) is 0 Å². The van der Waals surface area contributed by atoms with Crippen molar-refractivity contribution < 1.29 is 4.79 Å². The van der Waals surface area contributed by atoms with Gasteiger partial charge in [0.1, 0.15) is 16.9 Å². The Morgan fingerprint density at radius 2 is 1.68 bits per heavy atom. The zero-order valence-electron chi connectivity index (χ0n) is 17.0. The lowest BCUT2D eigenvalue weighted by molar-refractivity contribution is 0.0955. The number of fused-ring (bicyclic) bond motifs is 2. The summed E-state index contributed by atoms with van der Waals surface area (Å²) in [6.45, 7) is 5.72. The number of nitrogens with zero attached hydrogens (tertiary/aromatic N) is 3. The van der Waals surface area contributed by atoms with Gasteiger partial charge in [-0.3, -0.25) is 4.79 Å². The molecule has 0 atom stereocenters. The highest BCUT2D eigenvalue weighted by atomic mass is 16.1. The summed E-state index contributed by atoms with van der Waals surface area (Å²) in [4.78, 5) is 22.4. The third-order valence-corrected chi connectivity index (χ3v) is 5.12. The summed E-state index contributed by atoms with van der Waals surface area (Å²) in [5.74, 6) is 0.306. The molecule has 6 nitrogen and oxygen atoms in total. The van der Waals surface area contributed by atoms with E-state index in [1.165, 1.54) is 19.3 Å². The highest BCUT2D eigenvalue weighted by molar-refractivity contribution is 6.10. The van der Waals surface area contributed by atoms with Crippen LogP contribution in [0, 0.1) is 0 Å². The van der Waals surface area contributed by atoms with E-state index in [1.54, 1.807) is 0 Å². The molecule has 3 rings (SSSR count). The molecule has 0 radical (unpaired) electrons. The summed E-state index contributed by atoms with van der Waals surface area (Å²) in [6, 6.07) is 7.72. The van der Waals surface area contributed by atoms with Crippen molar-refractivity contribution in [1.29, 1.82) is 0 Å². The van der Waals surface area contributed by atoms with Crippen molar-refractivity contribution in [3.8, 4) is 0 Å². The fourth-order valence-electron chi connectivity index (χ4n) is 3.50. The van der Waals surface area contributed by atoms with Gasteiger partial charge in [-0.15, -0.1) is 0 Å². The number of carbonyl (C=O) groups is 1. The standard InChI is InChI=1S/C22H31N5O/c1-3-5-7-8-11-14-24-22(28)18-19-21(27(20(18)23)15-6-4-2)26-17-13-10-9-12-16(17)25-19/h9-10,12-13H,3-8,11,14-15,23H2,1-2H3,(H,24,28). The molecule has 28 heavy (non-hydrogen) atoms. The molecule has 0 saturated carbocycles. The number of nitrogen functional groups attached to an aromatic ring is 1. The summed E-state index contributed by atoms with van der Waals surface area (Å²) in [5, 5.41) is 3.03. The number of carbonyl (C=O) groups excluding carboxylic acids is 1. The van der Waals surface area contributed by atoms with E-state index in [2.05, 4.69) is 19.2 Å². The number of para-hydroxylation sites is 2. The van der Waals surface area contributed by atoms with Crippen molar-refractivity contribution in [1.82, 2.24) is 19.9 Å². The fraction of sp³-hybridized carbons (Fsp3) is 0.500. The van der Waals surface area contributed by atoms with Crippen molar-refractivity contribution in [2.45, 2.75) is 65.3 Å². The first-order chi connectivity index (χ1) is 13.7. The van der Waals surface area contributed by atoms with E-state index < -0.39 is 0 Å². The Bertz CT molecular complexity index is 947. The first-order valence-corrected chi connectivity index (χ1v) is 10.5. The number of nitrogens with one attached hydrogen (secondary N) is 1. The third kappa shape index (κ3) is 4.26. The molecule has 2 heterocycles. The minimum atomic E-state index is -0.155. The lowest BCUT2D eigenvalue weighted by atomic mass is 10.1. The van der Waals surface area contributed by atoms with Crippen LogP contribution in [0.1, 0.15) is 69.2 Å². The van der Waals surface area contributed by atoms with Gasteiger partial charge >= 0.3 is 0 Å².